The second kappa shape index (κ2) is 14.8. The number of rotatable bonds is 6. The van der Waals surface area contributed by atoms with Gasteiger partial charge in [0.2, 0.25) is 0 Å². The van der Waals surface area contributed by atoms with Crippen LogP contribution in [0.3, 0.4) is 0 Å². The molecular weight excluding hydrogens is 687 g/mol. The molecule has 8 aromatic rings. The van der Waals surface area contributed by atoms with Gasteiger partial charge in [0.05, 0.1) is 5.41 Å². The van der Waals surface area contributed by atoms with Crippen LogP contribution in [0, 0.1) is 0 Å². The first-order chi connectivity index (χ1) is 28.3. The number of anilines is 1. The van der Waals surface area contributed by atoms with E-state index in [2.05, 4.69) is 236 Å². The zero-order valence-corrected chi connectivity index (χ0v) is 31.6. The summed E-state index contributed by atoms with van der Waals surface area (Å²) < 4.78 is 0. The van der Waals surface area contributed by atoms with Crippen LogP contribution in [-0.2, 0) is 11.8 Å². The number of allylic oxidation sites excluding steroid dienone is 4. The van der Waals surface area contributed by atoms with E-state index >= 15 is 0 Å². The van der Waals surface area contributed by atoms with Crippen molar-refractivity contribution in [2.45, 2.75) is 11.8 Å². The zero-order chi connectivity index (χ0) is 38.0. The van der Waals surface area contributed by atoms with Gasteiger partial charge in [-0.2, -0.15) is 0 Å². The van der Waals surface area contributed by atoms with E-state index in [1.807, 2.05) is 0 Å². The van der Waals surface area contributed by atoms with Crippen molar-refractivity contribution in [2.24, 2.45) is 0 Å². The lowest BCUT2D eigenvalue weighted by atomic mass is 9.66. The summed E-state index contributed by atoms with van der Waals surface area (Å²) >= 11 is 0. The van der Waals surface area contributed by atoms with Crippen LogP contribution < -0.4 is 5.32 Å². The van der Waals surface area contributed by atoms with Gasteiger partial charge in [-0.3, -0.25) is 0 Å². The molecule has 0 saturated heterocycles. The van der Waals surface area contributed by atoms with E-state index in [0.29, 0.717) is 0 Å². The maximum atomic E-state index is 3.75. The van der Waals surface area contributed by atoms with E-state index in [1.54, 1.807) is 0 Å². The predicted molar refractivity (Wildman–Crippen MR) is 240 cm³/mol. The zero-order valence-electron chi connectivity index (χ0n) is 31.6. The van der Waals surface area contributed by atoms with Crippen LogP contribution in [0.25, 0.3) is 45.0 Å². The molecule has 1 aliphatic heterocycles. The van der Waals surface area contributed by atoms with Crippen LogP contribution in [-0.4, -0.2) is 0 Å². The average molecular weight is 728 g/mol. The summed E-state index contributed by atoms with van der Waals surface area (Å²) in [7, 11) is 0. The van der Waals surface area contributed by atoms with Crippen molar-refractivity contribution in [1.29, 1.82) is 0 Å². The highest BCUT2D eigenvalue weighted by Crippen LogP contribution is 2.55. The molecule has 0 amide bonds. The SMILES string of the molecule is C1=C\c2ccccc2-c2cc(-c3cccc(-c4cccc(Cc5ccccc5)c4)c3)ccc2N/C=C/C2=C/1C(c1ccccc1)(c1ccccc1)c1ccccc12. The summed E-state index contributed by atoms with van der Waals surface area (Å²) in [5, 5.41) is 3.75. The Morgan fingerprint density at radius 3 is 1.70 bits per heavy atom. The Labute approximate surface area is 335 Å². The van der Waals surface area contributed by atoms with E-state index < -0.39 is 5.41 Å². The third-order valence-corrected chi connectivity index (χ3v) is 11.6. The molecule has 1 heterocycles. The molecule has 0 saturated carbocycles. The van der Waals surface area contributed by atoms with Crippen molar-refractivity contribution in [3.63, 3.8) is 0 Å². The lowest BCUT2D eigenvalue weighted by molar-refractivity contribution is 0.762. The largest absolute Gasteiger partial charge is 0.361 e. The van der Waals surface area contributed by atoms with Crippen molar-refractivity contribution in [3.05, 3.63) is 269 Å². The Balaban J connectivity index is 1.08. The summed E-state index contributed by atoms with van der Waals surface area (Å²) in [6.45, 7) is 0. The molecule has 1 nitrogen and oxygen atoms in total. The topological polar surface area (TPSA) is 12.0 Å². The first-order valence-electron chi connectivity index (χ1n) is 19.8. The molecule has 57 heavy (non-hydrogen) atoms. The lowest BCUT2D eigenvalue weighted by Gasteiger charge is -2.35. The summed E-state index contributed by atoms with van der Waals surface area (Å²) in [5.74, 6) is 0. The minimum absolute atomic E-state index is 0.496. The van der Waals surface area contributed by atoms with E-state index in [4.69, 9.17) is 0 Å². The van der Waals surface area contributed by atoms with E-state index in [-0.39, 0.29) is 0 Å². The van der Waals surface area contributed by atoms with Crippen molar-refractivity contribution in [3.8, 4) is 33.4 Å². The molecule has 8 aromatic carbocycles. The third kappa shape index (κ3) is 6.24. The summed E-state index contributed by atoms with van der Waals surface area (Å²) in [5.41, 5.74) is 19.0. The van der Waals surface area contributed by atoms with Gasteiger partial charge in [0.1, 0.15) is 0 Å². The van der Waals surface area contributed by atoms with Gasteiger partial charge in [-0.25, -0.2) is 0 Å². The number of benzene rings is 8. The monoisotopic (exact) mass is 727 g/mol. The molecule has 0 bridgehead atoms. The van der Waals surface area contributed by atoms with Gasteiger partial charge in [-0.1, -0.05) is 200 Å². The van der Waals surface area contributed by atoms with Crippen molar-refractivity contribution in [1.82, 2.24) is 0 Å². The number of hydrogen-bond donors (Lipinski definition) is 1. The maximum Gasteiger partial charge on any atom is 0.0713 e. The first kappa shape index (κ1) is 34.3. The second-order valence-electron chi connectivity index (χ2n) is 15.0. The second-order valence-corrected chi connectivity index (χ2v) is 15.0. The fourth-order valence-corrected chi connectivity index (χ4v) is 9.02. The smallest absolute Gasteiger partial charge is 0.0713 e. The number of hydrogen-bond acceptors (Lipinski definition) is 1. The van der Waals surface area contributed by atoms with Gasteiger partial charge in [0.25, 0.3) is 0 Å². The van der Waals surface area contributed by atoms with E-state index in [0.717, 1.165) is 17.7 Å². The van der Waals surface area contributed by atoms with Crippen molar-refractivity contribution >= 4 is 17.3 Å². The van der Waals surface area contributed by atoms with E-state index in [1.165, 1.54) is 77.9 Å². The van der Waals surface area contributed by atoms with Crippen LogP contribution in [0.5, 0.6) is 0 Å². The summed E-state index contributed by atoms with van der Waals surface area (Å²) in [4.78, 5) is 0. The van der Waals surface area contributed by atoms with E-state index in [9.17, 15) is 0 Å². The fourth-order valence-electron chi connectivity index (χ4n) is 9.02. The molecule has 270 valence electrons. The molecule has 1 N–H and O–H groups in total. The average Bonchev–Trinajstić information content (AvgIpc) is 3.55. The molecule has 1 aliphatic carbocycles. The molecule has 10 rings (SSSR count). The third-order valence-electron chi connectivity index (χ3n) is 11.6. The normalized spacial score (nSPS) is 14.9. The van der Waals surface area contributed by atoms with Gasteiger partial charge in [-0.05, 0) is 109 Å². The maximum absolute atomic E-state index is 3.75. The molecule has 0 spiro atoms. The van der Waals surface area contributed by atoms with Gasteiger partial charge in [0, 0.05) is 17.5 Å². The lowest BCUT2D eigenvalue weighted by Crippen LogP contribution is -2.29. The quantitative estimate of drug-likeness (QED) is 0.180. The Morgan fingerprint density at radius 1 is 0.386 bits per heavy atom. The highest BCUT2D eigenvalue weighted by molar-refractivity contribution is 5.95. The van der Waals surface area contributed by atoms with Gasteiger partial charge >= 0.3 is 0 Å². The van der Waals surface area contributed by atoms with Crippen LogP contribution in [0.15, 0.2) is 230 Å². The molecule has 1 heteroatoms. The van der Waals surface area contributed by atoms with Crippen LogP contribution in [0.4, 0.5) is 5.69 Å². The fraction of sp³-hybridized carbons (Fsp3) is 0.0357. The molecule has 0 unspecified atom stereocenters. The predicted octanol–water partition coefficient (Wildman–Crippen LogP) is 14.0. The van der Waals surface area contributed by atoms with Gasteiger partial charge < -0.3 is 5.32 Å². The Kier molecular flexibility index (Phi) is 8.89. The van der Waals surface area contributed by atoms with Crippen LogP contribution >= 0.6 is 0 Å². The molecular formula is C56H41N. The molecule has 0 fully saturated rings. The molecule has 0 radical (unpaired) electrons. The molecule has 0 aromatic heterocycles. The Bertz CT molecular complexity index is 2780. The molecule has 0 atom stereocenters. The number of nitrogens with one attached hydrogen (secondary N) is 1. The number of fused-ring (bicyclic) bond motifs is 5. The van der Waals surface area contributed by atoms with Gasteiger partial charge in [0.15, 0.2) is 0 Å². The molecule has 2 aliphatic rings. The van der Waals surface area contributed by atoms with Crippen LogP contribution in [0.2, 0.25) is 0 Å². The summed E-state index contributed by atoms with van der Waals surface area (Å²) in [6, 6.07) is 75.1. The first-order valence-corrected chi connectivity index (χ1v) is 19.8. The highest BCUT2D eigenvalue weighted by Gasteiger charge is 2.46. The minimum atomic E-state index is -0.496. The standard InChI is InChI=1S/C56H41N/c1-4-16-40(17-5-1)36-41-18-14-20-43(37-41)44-21-15-22-45(38-44)46-31-33-55-52(39-46)49-27-11-10-19-42(49)30-32-54-51(34-35-57-55)50-28-12-13-29-53(50)56(54,47-23-6-2-7-24-47)48-25-8-3-9-26-48/h1-35,37-39,57H,36H2/b32-30-,35-34+. The Hall–Kier alpha value is -7.22. The van der Waals surface area contributed by atoms with Crippen molar-refractivity contribution < 1.29 is 0 Å². The summed E-state index contributed by atoms with van der Waals surface area (Å²) in [6.07, 6.45) is 10.0. The van der Waals surface area contributed by atoms with Crippen molar-refractivity contribution in [2.75, 3.05) is 5.32 Å². The highest BCUT2D eigenvalue weighted by atomic mass is 14.8. The Morgan fingerprint density at radius 2 is 0.965 bits per heavy atom. The minimum Gasteiger partial charge on any atom is -0.361 e. The van der Waals surface area contributed by atoms with Gasteiger partial charge in [-0.15, -0.1) is 0 Å². The van der Waals surface area contributed by atoms with Crippen LogP contribution in [0.1, 0.15) is 38.9 Å².